The fourth-order valence-electron chi connectivity index (χ4n) is 3.58. The van der Waals surface area contributed by atoms with Gasteiger partial charge in [-0.15, -0.1) is 0 Å². The molecule has 1 aromatic rings. The van der Waals surface area contributed by atoms with Crippen molar-refractivity contribution in [2.45, 2.75) is 43.7 Å². The summed E-state index contributed by atoms with van der Waals surface area (Å²) in [6.45, 7) is 0. The van der Waals surface area contributed by atoms with Crippen molar-refractivity contribution < 1.29 is 4.39 Å². The van der Waals surface area contributed by atoms with E-state index in [9.17, 15) is 4.39 Å². The lowest BCUT2D eigenvalue weighted by atomic mass is 9.83. The van der Waals surface area contributed by atoms with Gasteiger partial charge >= 0.3 is 0 Å². The minimum Gasteiger partial charge on any atom is -0.315 e. The molecule has 1 aliphatic rings. The minimum absolute atomic E-state index is 0.115. The van der Waals surface area contributed by atoms with Gasteiger partial charge < -0.3 is 10.2 Å². The lowest BCUT2D eigenvalue weighted by Gasteiger charge is -2.43. The van der Waals surface area contributed by atoms with Crippen molar-refractivity contribution in [1.29, 1.82) is 0 Å². The molecule has 1 aliphatic carbocycles. The van der Waals surface area contributed by atoms with Crippen molar-refractivity contribution in [3.05, 3.63) is 34.6 Å². The van der Waals surface area contributed by atoms with Crippen LogP contribution in [0.15, 0.2) is 18.2 Å². The summed E-state index contributed by atoms with van der Waals surface area (Å²) in [7, 11) is 6.23. The largest absolute Gasteiger partial charge is 0.315 e. The van der Waals surface area contributed by atoms with Crippen molar-refractivity contribution in [2.24, 2.45) is 0 Å². The molecule has 1 atom stereocenters. The van der Waals surface area contributed by atoms with Gasteiger partial charge in [-0.3, -0.25) is 0 Å². The second-order valence-electron chi connectivity index (χ2n) is 5.96. The first-order valence-electron chi connectivity index (χ1n) is 7.29. The van der Waals surface area contributed by atoms with Crippen LogP contribution in [0.2, 0.25) is 5.02 Å². The Hall–Kier alpha value is -0.640. The Morgan fingerprint density at radius 1 is 1.35 bits per heavy atom. The average molecular weight is 299 g/mol. The smallest absolute Gasteiger partial charge is 0.145 e. The van der Waals surface area contributed by atoms with Gasteiger partial charge in [0.25, 0.3) is 0 Å². The maximum absolute atomic E-state index is 14.1. The van der Waals surface area contributed by atoms with Crippen LogP contribution in [0, 0.1) is 5.82 Å². The van der Waals surface area contributed by atoms with Crippen molar-refractivity contribution in [1.82, 2.24) is 10.2 Å². The third kappa shape index (κ3) is 2.85. The molecule has 2 nitrogen and oxygen atoms in total. The minimum atomic E-state index is -0.277. The Labute approximate surface area is 126 Å². The summed E-state index contributed by atoms with van der Waals surface area (Å²) in [5, 5.41) is 3.62. The summed E-state index contributed by atoms with van der Waals surface area (Å²) in [5.74, 6) is -0.277. The first-order valence-corrected chi connectivity index (χ1v) is 7.66. The maximum atomic E-state index is 14.1. The summed E-state index contributed by atoms with van der Waals surface area (Å²) >= 11 is 5.89. The molecule has 1 unspecified atom stereocenters. The van der Waals surface area contributed by atoms with E-state index in [0.29, 0.717) is 12.0 Å². The molecule has 0 bridgehead atoms. The second kappa shape index (κ2) is 6.42. The van der Waals surface area contributed by atoms with Gasteiger partial charge in [0.2, 0.25) is 0 Å². The SMILES string of the molecule is CNC(Cc1cccc(Cl)c1F)C1(N(C)C)CCCC1. The number of likely N-dealkylation sites (N-methyl/N-ethyl adjacent to an activating group) is 2. The summed E-state index contributed by atoms with van der Waals surface area (Å²) in [6.07, 6.45) is 5.48. The van der Waals surface area contributed by atoms with Crippen LogP contribution in [0.4, 0.5) is 4.39 Å². The molecule has 0 aromatic heterocycles. The number of halogens is 2. The van der Waals surface area contributed by atoms with Crippen LogP contribution in [0.5, 0.6) is 0 Å². The van der Waals surface area contributed by atoms with Gasteiger partial charge in [0.1, 0.15) is 5.82 Å². The molecule has 0 heterocycles. The van der Waals surface area contributed by atoms with E-state index < -0.39 is 0 Å². The zero-order chi connectivity index (χ0) is 14.8. The lowest BCUT2D eigenvalue weighted by Crippen LogP contribution is -2.57. The van der Waals surface area contributed by atoms with Gasteiger partial charge in [-0.1, -0.05) is 36.6 Å². The van der Waals surface area contributed by atoms with E-state index in [4.69, 9.17) is 11.6 Å². The summed E-state index contributed by atoms with van der Waals surface area (Å²) in [4.78, 5) is 2.31. The molecule has 0 saturated heterocycles. The number of benzene rings is 1. The molecule has 1 fully saturated rings. The van der Waals surface area contributed by atoms with E-state index >= 15 is 0 Å². The van der Waals surface area contributed by atoms with E-state index in [0.717, 1.165) is 12.8 Å². The Kier molecular flexibility index (Phi) is 5.05. The standard InChI is InChI=1S/C16H24ClFN2/c1-19-14(16(20(2)3)9-4-5-10-16)11-12-7-6-8-13(17)15(12)18/h6-8,14,19H,4-5,9-11H2,1-3H3. The number of rotatable bonds is 5. The molecule has 1 aromatic carbocycles. The summed E-state index contributed by atoms with van der Waals surface area (Å²) in [5.41, 5.74) is 0.814. The van der Waals surface area contributed by atoms with Gasteiger partial charge in [-0.25, -0.2) is 4.39 Å². The monoisotopic (exact) mass is 298 g/mol. The highest BCUT2D eigenvalue weighted by Gasteiger charge is 2.42. The maximum Gasteiger partial charge on any atom is 0.145 e. The van der Waals surface area contributed by atoms with Gasteiger partial charge in [-0.05, 0) is 52.0 Å². The Bertz CT molecular complexity index is 456. The first-order chi connectivity index (χ1) is 9.51. The third-order valence-corrected chi connectivity index (χ3v) is 5.10. The van der Waals surface area contributed by atoms with Gasteiger partial charge in [-0.2, -0.15) is 0 Å². The van der Waals surface area contributed by atoms with Crippen LogP contribution in [0.25, 0.3) is 0 Å². The highest BCUT2D eigenvalue weighted by atomic mass is 35.5. The zero-order valence-electron chi connectivity index (χ0n) is 12.5. The van der Waals surface area contributed by atoms with Crippen LogP contribution in [0.3, 0.4) is 0 Å². The summed E-state index contributed by atoms with van der Waals surface area (Å²) < 4.78 is 14.1. The predicted octanol–water partition coefficient (Wildman–Crippen LogP) is 3.48. The highest BCUT2D eigenvalue weighted by molar-refractivity contribution is 6.30. The Morgan fingerprint density at radius 2 is 2.00 bits per heavy atom. The topological polar surface area (TPSA) is 15.3 Å². The van der Waals surface area contributed by atoms with Crippen LogP contribution >= 0.6 is 11.6 Å². The lowest BCUT2D eigenvalue weighted by molar-refractivity contribution is 0.108. The van der Waals surface area contributed by atoms with Gasteiger partial charge in [0, 0.05) is 11.6 Å². The molecule has 112 valence electrons. The molecule has 4 heteroatoms. The van der Waals surface area contributed by atoms with Crippen molar-refractivity contribution in [3.8, 4) is 0 Å². The predicted molar refractivity (Wildman–Crippen MR) is 82.8 cm³/mol. The highest BCUT2D eigenvalue weighted by Crippen LogP contribution is 2.38. The van der Waals surface area contributed by atoms with Gasteiger partial charge in [0.05, 0.1) is 5.02 Å². The fourth-order valence-corrected chi connectivity index (χ4v) is 3.78. The molecule has 1 N–H and O–H groups in total. The molecule has 0 aliphatic heterocycles. The summed E-state index contributed by atoms with van der Waals surface area (Å²) in [6, 6.07) is 5.49. The molecular formula is C16H24ClFN2. The van der Waals surface area contributed by atoms with Crippen molar-refractivity contribution in [2.75, 3.05) is 21.1 Å². The normalized spacial score (nSPS) is 19.5. The van der Waals surface area contributed by atoms with E-state index in [-0.39, 0.29) is 22.4 Å². The quantitative estimate of drug-likeness (QED) is 0.895. The van der Waals surface area contributed by atoms with Crippen LogP contribution in [0.1, 0.15) is 31.2 Å². The van der Waals surface area contributed by atoms with Crippen LogP contribution in [-0.2, 0) is 6.42 Å². The van der Waals surface area contributed by atoms with Crippen molar-refractivity contribution >= 4 is 11.6 Å². The van der Waals surface area contributed by atoms with E-state index in [1.807, 2.05) is 19.2 Å². The number of hydrogen-bond donors (Lipinski definition) is 1. The van der Waals surface area contributed by atoms with Crippen LogP contribution < -0.4 is 5.32 Å². The Morgan fingerprint density at radius 3 is 2.55 bits per heavy atom. The fraction of sp³-hybridized carbons (Fsp3) is 0.625. The van der Waals surface area contributed by atoms with E-state index in [1.165, 1.54) is 12.8 Å². The number of hydrogen-bond acceptors (Lipinski definition) is 2. The molecule has 2 rings (SSSR count). The average Bonchev–Trinajstić information content (AvgIpc) is 2.91. The van der Waals surface area contributed by atoms with Crippen molar-refractivity contribution in [3.63, 3.8) is 0 Å². The molecule has 20 heavy (non-hydrogen) atoms. The molecule has 1 saturated carbocycles. The molecule has 0 amide bonds. The van der Waals surface area contributed by atoms with E-state index in [1.54, 1.807) is 6.07 Å². The zero-order valence-corrected chi connectivity index (χ0v) is 13.3. The number of nitrogens with zero attached hydrogens (tertiary/aromatic N) is 1. The molecule has 0 radical (unpaired) electrons. The Balaban J connectivity index is 2.26. The first kappa shape index (κ1) is 15.7. The molecular weight excluding hydrogens is 275 g/mol. The molecule has 0 spiro atoms. The van der Waals surface area contributed by atoms with E-state index in [2.05, 4.69) is 24.3 Å². The second-order valence-corrected chi connectivity index (χ2v) is 6.37. The third-order valence-electron chi connectivity index (χ3n) is 4.81. The van der Waals surface area contributed by atoms with Crippen LogP contribution in [-0.4, -0.2) is 37.6 Å². The number of nitrogens with one attached hydrogen (secondary N) is 1. The van der Waals surface area contributed by atoms with Gasteiger partial charge in [0.15, 0.2) is 0 Å².